The van der Waals surface area contributed by atoms with Gasteiger partial charge in [0.1, 0.15) is 0 Å². The minimum absolute atomic E-state index is 0.465. The van der Waals surface area contributed by atoms with Crippen LogP contribution in [0, 0.1) is 17.5 Å². The average molecular weight is 240 g/mol. The van der Waals surface area contributed by atoms with Crippen LogP contribution in [0.5, 0.6) is 0 Å². The van der Waals surface area contributed by atoms with Crippen LogP contribution in [0.1, 0.15) is 0 Å². The first-order chi connectivity index (χ1) is 6.78. The number of halogens is 3. The van der Waals surface area contributed by atoms with E-state index in [-0.39, 0.29) is 0 Å². The summed E-state index contributed by atoms with van der Waals surface area (Å²) in [6.07, 6.45) is 0. The molecule has 7 heteroatoms. The van der Waals surface area contributed by atoms with Crippen molar-refractivity contribution in [3.63, 3.8) is 0 Å². The molecule has 0 radical (unpaired) electrons. The Morgan fingerprint density at radius 3 is 1.73 bits per heavy atom. The second kappa shape index (κ2) is 5.52. The summed E-state index contributed by atoms with van der Waals surface area (Å²) < 4.78 is 62.5. The maximum absolute atomic E-state index is 12.0. The van der Waals surface area contributed by atoms with Crippen LogP contribution in [-0.4, -0.2) is 13.0 Å². The summed E-state index contributed by atoms with van der Waals surface area (Å²) in [5, 5.41) is 0.465. The molecular formula is C8H7F3O3S. The number of hydrogen-bond acceptors (Lipinski definition) is 2. The fraction of sp³-hybridized carbons (Fsp3) is 0. The molecule has 0 saturated carbocycles. The zero-order chi connectivity index (χ0) is 12.1. The van der Waals surface area contributed by atoms with Gasteiger partial charge < -0.3 is 0 Å². The lowest BCUT2D eigenvalue weighted by Gasteiger charge is -1.90. The minimum Gasteiger partial charge on any atom is -0.282 e. The molecule has 0 atom stereocenters. The van der Waals surface area contributed by atoms with Crippen molar-refractivity contribution in [1.82, 2.24) is 0 Å². The molecule has 0 aromatic heterocycles. The Kier molecular flexibility index (Phi) is 5.03. The van der Waals surface area contributed by atoms with Crippen LogP contribution < -0.4 is 0 Å². The van der Waals surface area contributed by atoms with Crippen molar-refractivity contribution in [2.45, 2.75) is 0 Å². The van der Waals surface area contributed by atoms with E-state index in [1.807, 2.05) is 0 Å². The Labute approximate surface area is 84.6 Å². The standard InChI is InChI=1S/C6H3F3.C2H4O3S/c7-4-2-1-3-5(8)6(4)9;1-2-6(3,4)5/h1-3H;2H,1H2,(H,3,4,5). The van der Waals surface area contributed by atoms with E-state index in [2.05, 4.69) is 6.58 Å². The third kappa shape index (κ3) is 5.87. The Bertz CT molecular complexity index is 411. The van der Waals surface area contributed by atoms with Crippen LogP contribution in [-0.2, 0) is 10.1 Å². The van der Waals surface area contributed by atoms with E-state index in [1.54, 1.807) is 0 Å². The highest BCUT2D eigenvalue weighted by Crippen LogP contribution is 2.07. The molecule has 3 nitrogen and oxygen atoms in total. The molecule has 0 fully saturated rings. The second-order valence-electron chi connectivity index (χ2n) is 2.22. The smallest absolute Gasteiger partial charge is 0.282 e. The van der Waals surface area contributed by atoms with Gasteiger partial charge in [-0.2, -0.15) is 8.42 Å². The van der Waals surface area contributed by atoms with E-state index in [0.717, 1.165) is 18.2 Å². The van der Waals surface area contributed by atoms with Gasteiger partial charge in [-0.15, -0.1) is 0 Å². The Morgan fingerprint density at radius 2 is 1.53 bits per heavy atom. The molecule has 0 aliphatic heterocycles. The molecule has 0 amide bonds. The van der Waals surface area contributed by atoms with Gasteiger partial charge in [-0.05, 0) is 12.1 Å². The maximum Gasteiger partial charge on any atom is 0.287 e. The molecule has 1 N–H and O–H groups in total. The first-order valence-corrected chi connectivity index (χ1v) is 4.97. The molecule has 0 bridgehead atoms. The van der Waals surface area contributed by atoms with E-state index in [9.17, 15) is 21.6 Å². The van der Waals surface area contributed by atoms with Crippen LogP contribution in [0.25, 0.3) is 0 Å². The quantitative estimate of drug-likeness (QED) is 0.604. The second-order valence-corrected chi connectivity index (χ2v) is 3.58. The van der Waals surface area contributed by atoms with Crippen molar-refractivity contribution in [3.8, 4) is 0 Å². The van der Waals surface area contributed by atoms with Crippen LogP contribution in [0.3, 0.4) is 0 Å². The largest absolute Gasteiger partial charge is 0.287 e. The van der Waals surface area contributed by atoms with Crippen molar-refractivity contribution in [2.75, 3.05) is 0 Å². The Hall–Kier alpha value is -1.34. The molecule has 15 heavy (non-hydrogen) atoms. The number of rotatable bonds is 1. The molecule has 0 spiro atoms. The van der Waals surface area contributed by atoms with E-state index >= 15 is 0 Å². The summed E-state index contributed by atoms with van der Waals surface area (Å²) in [6, 6.07) is 2.82. The zero-order valence-corrected chi connectivity index (χ0v) is 8.14. The third-order valence-corrected chi connectivity index (χ3v) is 1.54. The topological polar surface area (TPSA) is 54.4 Å². The van der Waals surface area contributed by atoms with Crippen LogP contribution in [0.15, 0.2) is 30.2 Å². The van der Waals surface area contributed by atoms with Gasteiger partial charge in [0, 0.05) is 0 Å². The lowest BCUT2D eigenvalue weighted by Crippen LogP contribution is -1.86. The molecule has 1 rings (SSSR count). The van der Waals surface area contributed by atoms with E-state index in [4.69, 9.17) is 4.55 Å². The highest BCUT2D eigenvalue weighted by molar-refractivity contribution is 7.88. The highest BCUT2D eigenvalue weighted by Gasteiger charge is 2.04. The first kappa shape index (κ1) is 13.7. The zero-order valence-electron chi connectivity index (χ0n) is 7.32. The Morgan fingerprint density at radius 1 is 1.20 bits per heavy atom. The van der Waals surface area contributed by atoms with Gasteiger partial charge in [0.15, 0.2) is 17.5 Å². The van der Waals surface area contributed by atoms with Crippen LogP contribution in [0.2, 0.25) is 0 Å². The fourth-order valence-corrected chi connectivity index (χ4v) is 0.477. The normalized spacial score (nSPS) is 10.1. The van der Waals surface area contributed by atoms with E-state index < -0.39 is 27.6 Å². The first-order valence-electron chi connectivity index (χ1n) is 3.47. The summed E-state index contributed by atoms with van der Waals surface area (Å²) in [5.74, 6) is -3.73. The van der Waals surface area contributed by atoms with Gasteiger partial charge in [0.25, 0.3) is 10.1 Å². The predicted octanol–water partition coefficient (Wildman–Crippen LogP) is 2.12. The van der Waals surface area contributed by atoms with Gasteiger partial charge in [-0.1, -0.05) is 12.6 Å². The monoisotopic (exact) mass is 240 g/mol. The SMILES string of the molecule is C=CS(=O)(=O)O.Fc1cccc(F)c1F. The molecule has 0 aliphatic rings. The molecule has 0 unspecified atom stereocenters. The summed E-state index contributed by atoms with van der Waals surface area (Å²) in [5.41, 5.74) is 0. The maximum atomic E-state index is 12.0. The van der Waals surface area contributed by atoms with Gasteiger partial charge in [-0.25, -0.2) is 13.2 Å². The predicted molar refractivity (Wildman–Crippen MR) is 48.1 cm³/mol. The lowest BCUT2D eigenvalue weighted by atomic mass is 10.3. The van der Waals surface area contributed by atoms with Crippen molar-refractivity contribution >= 4 is 10.1 Å². The minimum atomic E-state index is -3.90. The Balaban J connectivity index is 0.000000288. The third-order valence-electron chi connectivity index (χ3n) is 1.12. The van der Waals surface area contributed by atoms with Crippen molar-refractivity contribution < 1.29 is 26.1 Å². The summed E-state index contributed by atoms with van der Waals surface area (Å²) in [6.45, 7) is 2.79. The van der Waals surface area contributed by atoms with Gasteiger partial charge in [0.05, 0.1) is 5.41 Å². The van der Waals surface area contributed by atoms with Gasteiger partial charge >= 0.3 is 0 Å². The highest BCUT2D eigenvalue weighted by atomic mass is 32.2. The van der Waals surface area contributed by atoms with E-state index in [1.165, 1.54) is 0 Å². The van der Waals surface area contributed by atoms with Crippen molar-refractivity contribution in [3.05, 3.63) is 47.6 Å². The molecule has 0 aliphatic carbocycles. The summed E-state index contributed by atoms with van der Waals surface area (Å²) in [7, 11) is -3.90. The molecular weight excluding hydrogens is 233 g/mol. The number of hydrogen-bond donors (Lipinski definition) is 1. The molecule has 1 aromatic rings. The molecule has 84 valence electrons. The summed E-state index contributed by atoms with van der Waals surface area (Å²) >= 11 is 0. The lowest BCUT2D eigenvalue weighted by molar-refractivity contribution is 0.447. The average Bonchev–Trinajstić information content (AvgIpc) is 2.14. The number of benzene rings is 1. The molecule has 0 saturated heterocycles. The molecule has 0 heterocycles. The van der Waals surface area contributed by atoms with Crippen molar-refractivity contribution in [2.24, 2.45) is 0 Å². The van der Waals surface area contributed by atoms with Gasteiger partial charge in [-0.3, -0.25) is 4.55 Å². The van der Waals surface area contributed by atoms with Crippen LogP contribution >= 0.6 is 0 Å². The fourth-order valence-electron chi connectivity index (χ4n) is 0.477. The van der Waals surface area contributed by atoms with Gasteiger partial charge in [0.2, 0.25) is 0 Å². The van der Waals surface area contributed by atoms with Crippen molar-refractivity contribution in [1.29, 1.82) is 0 Å². The van der Waals surface area contributed by atoms with E-state index in [0.29, 0.717) is 5.41 Å². The summed E-state index contributed by atoms with van der Waals surface area (Å²) in [4.78, 5) is 0. The van der Waals surface area contributed by atoms with Crippen LogP contribution in [0.4, 0.5) is 13.2 Å². The molecule has 1 aromatic carbocycles.